The van der Waals surface area contributed by atoms with Crippen LogP contribution in [0.1, 0.15) is 24.0 Å². The van der Waals surface area contributed by atoms with Crippen LogP contribution in [0.2, 0.25) is 5.02 Å². The molecule has 0 saturated carbocycles. The van der Waals surface area contributed by atoms with E-state index in [9.17, 15) is 4.79 Å². The summed E-state index contributed by atoms with van der Waals surface area (Å²) in [4.78, 5) is 13.6. The number of carbonyl (C=O) groups excluding carboxylic acids is 1. The number of thiocarbonyl (C=S) groups is 1. The lowest BCUT2D eigenvalue weighted by molar-refractivity contribution is -0.128. The molecule has 0 spiro atoms. The minimum Gasteiger partial charge on any atom is -0.358 e. The van der Waals surface area contributed by atoms with Gasteiger partial charge in [-0.15, -0.1) is 0 Å². The zero-order chi connectivity index (χ0) is 17.6. The van der Waals surface area contributed by atoms with Crippen molar-refractivity contribution >= 4 is 40.5 Å². The number of likely N-dealkylation sites (tertiary alicyclic amines) is 1. The van der Waals surface area contributed by atoms with Crippen LogP contribution in [-0.4, -0.2) is 22.5 Å². The molecule has 1 saturated heterocycles. The fourth-order valence-corrected chi connectivity index (χ4v) is 3.13. The van der Waals surface area contributed by atoms with Crippen LogP contribution < -0.4 is 10.6 Å². The lowest BCUT2D eigenvalue weighted by Crippen LogP contribution is -2.28. The predicted molar refractivity (Wildman–Crippen MR) is 106 cm³/mol. The molecule has 0 aliphatic carbocycles. The molecular weight excluding hydrogens is 354 g/mol. The van der Waals surface area contributed by atoms with E-state index in [-0.39, 0.29) is 5.91 Å². The summed E-state index contributed by atoms with van der Waals surface area (Å²) in [5.74, 6) is 0.252. The van der Waals surface area contributed by atoms with Gasteiger partial charge in [-0.25, -0.2) is 0 Å². The molecule has 130 valence electrons. The van der Waals surface area contributed by atoms with Gasteiger partial charge >= 0.3 is 0 Å². The molecule has 6 heteroatoms. The topological polar surface area (TPSA) is 44.4 Å². The number of hydrogen-bond donors (Lipinski definition) is 2. The van der Waals surface area contributed by atoms with Crippen molar-refractivity contribution < 1.29 is 4.79 Å². The third-order valence-corrected chi connectivity index (χ3v) is 4.72. The van der Waals surface area contributed by atoms with Crippen LogP contribution in [0.5, 0.6) is 0 Å². The first-order chi connectivity index (χ1) is 12.1. The Bertz CT molecular complexity index is 764. The molecule has 0 aromatic heterocycles. The summed E-state index contributed by atoms with van der Waals surface area (Å²) in [6.07, 6.45) is 1.65. The maximum absolute atomic E-state index is 11.7. The first-order valence-corrected chi connectivity index (χ1v) is 9.05. The second-order valence-corrected chi connectivity index (χ2v) is 6.84. The van der Waals surface area contributed by atoms with Gasteiger partial charge in [0.25, 0.3) is 0 Å². The average molecular weight is 374 g/mol. The molecule has 1 aliphatic rings. The summed E-state index contributed by atoms with van der Waals surface area (Å²) in [5, 5.41) is 7.42. The SMILES string of the molecule is O=C1CCCN1Cc1ccc(CNC(=S)Nc2ccccc2Cl)cc1. The van der Waals surface area contributed by atoms with Crippen molar-refractivity contribution in [2.75, 3.05) is 11.9 Å². The van der Waals surface area contributed by atoms with Gasteiger partial charge in [-0.1, -0.05) is 48.0 Å². The van der Waals surface area contributed by atoms with E-state index in [0.717, 1.165) is 29.8 Å². The lowest BCUT2D eigenvalue weighted by Gasteiger charge is -2.16. The van der Waals surface area contributed by atoms with Crippen molar-refractivity contribution in [1.82, 2.24) is 10.2 Å². The van der Waals surface area contributed by atoms with Crippen LogP contribution in [0.3, 0.4) is 0 Å². The molecule has 2 N–H and O–H groups in total. The number of para-hydroxylation sites is 1. The van der Waals surface area contributed by atoms with Gasteiger partial charge in [0.15, 0.2) is 5.11 Å². The van der Waals surface area contributed by atoms with E-state index in [2.05, 4.69) is 34.9 Å². The van der Waals surface area contributed by atoms with Crippen LogP contribution in [0, 0.1) is 0 Å². The third-order valence-electron chi connectivity index (χ3n) is 4.14. The number of benzene rings is 2. The van der Waals surface area contributed by atoms with Crippen LogP contribution in [0.15, 0.2) is 48.5 Å². The highest BCUT2D eigenvalue weighted by molar-refractivity contribution is 7.80. The zero-order valence-electron chi connectivity index (χ0n) is 13.8. The minimum absolute atomic E-state index is 0.252. The lowest BCUT2D eigenvalue weighted by atomic mass is 10.1. The molecule has 0 radical (unpaired) electrons. The molecular formula is C19H20ClN3OS. The second-order valence-electron chi connectivity index (χ2n) is 6.02. The minimum atomic E-state index is 0.252. The normalized spacial score (nSPS) is 13.8. The number of hydrogen-bond acceptors (Lipinski definition) is 2. The van der Waals surface area contributed by atoms with Crippen molar-refractivity contribution in [1.29, 1.82) is 0 Å². The Kier molecular flexibility index (Phi) is 5.89. The largest absolute Gasteiger partial charge is 0.358 e. The first kappa shape index (κ1) is 17.7. The smallest absolute Gasteiger partial charge is 0.222 e. The van der Waals surface area contributed by atoms with E-state index >= 15 is 0 Å². The number of rotatable bonds is 5. The summed E-state index contributed by atoms with van der Waals surface area (Å²) in [5.41, 5.74) is 3.06. The maximum atomic E-state index is 11.7. The Hall–Kier alpha value is -2.11. The van der Waals surface area contributed by atoms with Crippen LogP contribution in [0.4, 0.5) is 5.69 Å². The van der Waals surface area contributed by atoms with Crippen molar-refractivity contribution in [2.24, 2.45) is 0 Å². The fraction of sp³-hybridized carbons (Fsp3) is 0.263. The standard InChI is InChI=1S/C19H20ClN3OS/c20-16-4-1-2-5-17(16)22-19(25)21-12-14-7-9-15(10-8-14)13-23-11-3-6-18(23)24/h1-2,4-5,7-10H,3,6,11-13H2,(H2,21,22,25). The van der Waals surface area contributed by atoms with Gasteiger partial charge in [0.05, 0.1) is 10.7 Å². The Balaban J connectivity index is 1.49. The molecule has 25 heavy (non-hydrogen) atoms. The van der Waals surface area contributed by atoms with Gasteiger partial charge in [-0.3, -0.25) is 4.79 Å². The summed E-state index contributed by atoms with van der Waals surface area (Å²) in [7, 11) is 0. The van der Waals surface area contributed by atoms with Gasteiger partial charge in [0, 0.05) is 26.1 Å². The fourth-order valence-electron chi connectivity index (χ4n) is 2.77. The van der Waals surface area contributed by atoms with E-state index < -0.39 is 0 Å². The highest BCUT2D eigenvalue weighted by Gasteiger charge is 2.19. The van der Waals surface area contributed by atoms with Gasteiger partial charge in [0.1, 0.15) is 0 Å². The number of halogens is 1. The second kappa shape index (κ2) is 8.32. The highest BCUT2D eigenvalue weighted by Crippen LogP contribution is 2.20. The number of amides is 1. The number of nitrogens with one attached hydrogen (secondary N) is 2. The molecule has 1 fully saturated rings. The Morgan fingerprint density at radius 2 is 1.84 bits per heavy atom. The van der Waals surface area contributed by atoms with Crippen molar-refractivity contribution in [3.8, 4) is 0 Å². The van der Waals surface area contributed by atoms with E-state index in [4.69, 9.17) is 23.8 Å². The van der Waals surface area contributed by atoms with Crippen molar-refractivity contribution in [2.45, 2.75) is 25.9 Å². The molecule has 2 aromatic rings. The number of nitrogens with zero attached hydrogens (tertiary/aromatic N) is 1. The molecule has 1 heterocycles. The Morgan fingerprint density at radius 3 is 2.52 bits per heavy atom. The quantitative estimate of drug-likeness (QED) is 0.779. The average Bonchev–Trinajstić information content (AvgIpc) is 3.01. The number of anilines is 1. The third kappa shape index (κ3) is 4.94. The van der Waals surface area contributed by atoms with Gasteiger partial charge in [0.2, 0.25) is 5.91 Å². The molecule has 1 aliphatic heterocycles. The van der Waals surface area contributed by atoms with E-state index in [0.29, 0.717) is 29.6 Å². The van der Waals surface area contributed by atoms with Crippen molar-refractivity contribution in [3.63, 3.8) is 0 Å². The zero-order valence-corrected chi connectivity index (χ0v) is 15.4. The van der Waals surface area contributed by atoms with Crippen LogP contribution in [-0.2, 0) is 17.9 Å². The summed E-state index contributed by atoms with van der Waals surface area (Å²) in [6, 6.07) is 15.7. The maximum Gasteiger partial charge on any atom is 0.222 e. The van der Waals surface area contributed by atoms with Crippen LogP contribution in [0.25, 0.3) is 0 Å². The Morgan fingerprint density at radius 1 is 1.12 bits per heavy atom. The van der Waals surface area contributed by atoms with E-state index in [1.807, 2.05) is 29.2 Å². The van der Waals surface area contributed by atoms with Crippen molar-refractivity contribution in [3.05, 3.63) is 64.7 Å². The molecule has 0 bridgehead atoms. The summed E-state index contributed by atoms with van der Waals surface area (Å²) < 4.78 is 0. The van der Waals surface area contributed by atoms with Gasteiger partial charge < -0.3 is 15.5 Å². The molecule has 1 amide bonds. The summed E-state index contributed by atoms with van der Waals surface area (Å²) >= 11 is 11.4. The van der Waals surface area contributed by atoms with Crippen LogP contribution >= 0.6 is 23.8 Å². The number of carbonyl (C=O) groups is 1. The van der Waals surface area contributed by atoms with Gasteiger partial charge in [-0.2, -0.15) is 0 Å². The molecule has 0 unspecified atom stereocenters. The Labute approximate surface area is 158 Å². The first-order valence-electron chi connectivity index (χ1n) is 8.27. The van der Waals surface area contributed by atoms with Gasteiger partial charge in [-0.05, 0) is 41.9 Å². The van der Waals surface area contributed by atoms with E-state index in [1.165, 1.54) is 0 Å². The van der Waals surface area contributed by atoms with E-state index in [1.54, 1.807) is 0 Å². The highest BCUT2D eigenvalue weighted by atomic mass is 35.5. The molecule has 0 atom stereocenters. The monoisotopic (exact) mass is 373 g/mol. The molecule has 3 rings (SSSR count). The molecule has 4 nitrogen and oxygen atoms in total. The molecule has 2 aromatic carbocycles. The summed E-state index contributed by atoms with van der Waals surface area (Å²) in [6.45, 7) is 2.18. The predicted octanol–water partition coefficient (Wildman–Crippen LogP) is 3.95.